The lowest BCUT2D eigenvalue weighted by atomic mass is 9.72. The molecule has 0 saturated heterocycles. The third-order valence-electron chi connectivity index (χ3n) is 2.87. The Hall–Kier alpha value is -1.12. The van der Waals surface area contributed by atoms with E-state index >= 15 is 0 Å². The van der Waals surface area contributed by atoms with Crippen LogP contribution in [0.5, 0.6) is 0 Å². The third-order valence-corrected chi connectivity index (χ3v) is 2.87. The van der Waals surface area contributed by atoms with Gasteiger partial charge in [-0.05, 0) is 19.8 Å². The Morgan fingerprint density at radius 3 is 2.86 bits per heavy atom. The van der Waals surface area contributed by atoms with Crippen LogP contribution in [0.4, 0.5) is 0 Å². The molecule has 2 atom stereocenters. The summed E-state index contributed by atoms with van der Waals surface area (Å²) < 4.78 is 5.14. The van der Waals surface area contributed by atoms with Gasteiger partial charge in [0.05, 0.1) is 5.41 Å². The molecule has 78 valence electrons. The van der Waals surface area contributed by atoms with Gasteiger partial charge in [-0.3, -0.25) is 9.59 Å². The van der Waals surface area contributed by atoms with Crippen molar-refractivity contribution in [2.75, 3.05) is 0 Å². The van der Waals surface area contributed by atoms with Gasteiger partial charge in [-0.2, -0.15) is 0 Å². The number of Topliss-reactive ketones (excluding diaryl/α,β-unsaturated/α-hetero) is 1. The third kappa shape index (κ3) is 1.86. The average Bonchev–Trinajstić information content (AvgIpc) is 2.12. The Morgan fingerprint density at radius 2 is 2.36 bits per heavy atom. The van der Waals surface area contributed by atoms with Crippen molar-refractivity contribution in [2.24, 2.45) is 5.41 Å². The molecule has 0 aromatic carbocycles. The fourth-order valence-electron chi connectivity index (χ4n) is 1.82. The highest BCUT2D eigenvalue weighted by atomic mass is 16.5. The van der Waals surface area contributed by atoms with Crippen molar-refractivity contribution in [3.63, 3.8) is 0 Å². The van der Waals surface area contributed by atoms with Gasteiger partial charge in [0.1, 0.15) is 11.9 Å². The summed E-state index contributed by atoms with van der Waals surface area (Å²) in [7, 11) is 0. The maximum Gasteiger partial charge on any atom is 0.302 e. The molecule has 1 fully saturated rings. The zero-order valence-corrected chi connectivity index (χ0v) is 8.71. The fourth-order valence-corrected chi connectivity index (χ4v) is 1.82. The van der Waals surface area contributed by atoms with Crippen LogP contribution in [-0.4, -0.2) is 17.9 Å². The molecule has 0 radical (unpaired) electrons. The Labute approximate surface area is 84.1 Å². The number of esters is 1. The van der Waals surface area contributed by atoms with Crippen LogP contribution in [0.15, 0.2) is 12.7 Å². The van der Waals surface area contributed by atoms with E-state index in [0.29, 0.717) is 6.42 Å². The maximum atomic E-state index is 11.7. The lowest BCUT2D eigenvalue weighted by Gasteiger charge is -2.36. The SMILES string of the molecule is C=C[C@]1(C)C(=O)CCC[C@@H]1OC(C)=O. The molecular formula is C11H16O3. The molecule has 3 heteroatoms. The second-order valence-corrected chi connectivity index (χ2v) is 3.90. The van der Waals surface area contributed by atoms with E-state index in [-0.39, 0.29) is 17.9 Å². The number of ketones is 1. The minimum absolute atomic E-state index is 0.116. The highest BCUT2D eigenvalue weighted by Crippen LogP contribution is 2.36. The van der Waals surface area contributed by atoms with Crippen molar-refractivity contribution < 1.29 is 14.3 Å². The van der Waals surface area contributed by atoms with Crippen molar-refractivity contribution in [3.8, 4) is 0 Å². The summed E-state index contributed by atoms with van der Waals surface area (Å²) in [5, 5.41) is 0. The summed E-state index contributed by atoms with van der Waals surface area (Å²) in [5.74, 6) is -0.220. The van der Waals surface area contributed by atoms with Crippen LogP contribution in [0.1, 0.15) is 33.1 Å². The standard InChI is InChI=1S/C11H16O3/c1-4-11(3)9(13)6-5-7-10(11)14-8(2)12/h4,10H,1,5-7H2,2-3H3/t10-,11+/m0/s1. The Morgan fingerprint density at radius 1 is 1.71 bits per heavy atom. The molecule has 1 saturated carbocycles. The molecule has 0 heterocycles. The molecule has 0 bridgehead atoms. The molecule has 0 unspecified atom stereocenters. The second-order valence-electron chi connectivity index (χ2n) is 3.90. The van der Waals surface area contributed by atoms with Crippen LogP contribution in [-0.2, 0) is 14.3 Å². The summed E-state index contributed by atoms with van der Waals surface area (Å²) >= 11 is 0. The lowest BCUT2D eigenvalue weighted by Crippen LogP contribution is -2.43. The van der Waals surface area contributed by atoms with E-state index in [1.807, 2.05) is 0 Å². The number of hydrogen-bond acceptors (Lipinski definition) is 3. The first-order valence-corrected chi connectivity index (χ1v) is 4.85. The first kappa shape index (κ1) is 11.0. The van der Waals surface area contributed by atoms with E-state index in [1.165, 1.54) is 6.92 Å². The van der Waals surface area contributed by atoms with Gasteiger partial charge in [0.15, 0.2) is 0 Å². The minimum Gasteiger partial charge on any atom is -0.461 e. The molecule has 0 spiro atoms. The fraction of sp³-hybridized carbons (Fsp3) is 0.636. The van der Waals surface area contributed by atoms with Crippen molar-refractivity contribution in [2.45, 2.75) is 39.2 Å². The number of carbonyl (C=O) groups is 2. The molecule has 0 N–H and O–H groups in total. The van der Waals surface area contributed by atoms with E-state index in [4.69, 9.17) is 4.74 Å². The van der Waals surface area contributed by atoms with Gasteiger partial charge in [0.25, 0.3) is 0 Å². The van der Waals surface area contributed by atoms with Crippen LogP contribution in [0, 0.1) is 5.41 Å². The van der Waals surface area contributed by atoms with Crippen LogP contribution < -0.4 is 0 Å². The highest BCUT2D eigenvalue weighted by Gasteiger charge is 2.42. The summed E-state index contributed by atoms with van der Waals surface area (Å²) in [6, 6.07) is 0. The molecule has 1 aliphatic rings. The summed E-state index contributed by atoms with van der Waals surface area (Å²) in [4.78, 5) is 22.5. The maximum absolute atomic E-state index is 11.7. The van der Waals surface area contributed by atoms with Crippen molar-refractivity contribution in [1.82, 2.24) is 0 Å². The molecule has 1 aliphatic carbocycles. The molecule has 0 aromatic rings. The van der Waals surface area contributed by atoms with Crippen molar-refractivity contribution >= 4 is 11.8 Å². The minimum atomic E-state index is -0.691. The number of hydrogen-bond donors (Lipinski definition) is 0. The Bertz CT molecular complexity index is 270. The van der Waals surface area contributed by atoms with E-state index in [2.05, 4.69) is 6.58 Å². The lowest BCUT2D eigenvalue weighted by molar-refractivity contribution is -0.157. The monoisotopic (exact) mass is 196 g/mol. The van der Waals surface area contributed by atoms with Crippen LogP contribution in [0.3, 0.4) is 0 Å². The van der Waals surface area contributed by atoms with E-state index in [0.717, 1.165) is 12.8 Å². The van der Waals surface area contributed by atoms with Crippen molar-refractivity contribution in [1.29, 1.82) is 0 Å². The van der Waals surface area contributed by atoms with Gasteiger partial charge in [0.2, 0.25) is 0 Å². The Kier molecular flexibility index (Phi) is 3.09. The smallest absolute Gasteiger partial charge is 0.302 e. The first-order chi connectivity index (χ1) is 6.50. The summed E-state index contributed by atoms with van der Waals surface area (Å²) in [6.07, 6.45) is 3.36. The second kappa shape index (κ2) is 3.95. The number of rotatable bonds is 2. The molecule has 3 nitrogen and oxygen atoms in total. The first-order valence-electron chi connectivity index (χ1n) is 4.85. The summed E-state index contributed by atoms with van der Waals surface area (Å²) in [6.45, 7) is 6.80. The quantitative estimate of drug-likeness (QED) is 0.500. The summed E-state index contributed by atoms with van der Waals surface area (Å²) in [5.41, 5.74) is -0.691. The molecule has 1 rings (SSSR count). The van der Waals surface area contributed by atoms with Crippen LogP contribution >= 0.6 is 0 Å². The van der Waals surface area contributed by atoms with E-state index < -0.39 is 5.41 Å². The normalized spacial score (nSPS) is 32.4. The largest absolute Gasteiger partial charge is 0.461 e. The average molecular weight is 196 g/mol. The van der Waals surface area contributed by atoms with Crippen molar-refractivity contribution in [3.05, 3.63) is 12.7 Å². The van der Waals surface area contributed by atoms with Gasteiger partial charge in [-0.25, -0.2) is 0 Å². The zero-order chi connectivity index (χ0) is 10.8. The molecule has 0 amide bonds. The van der Waals surface area contributed by atoms with Gasteiger partial charge in [0, 0.05) is 13.3 Å². The van der Waals surface area contributed by atoms with E-state index in [1.54, 1.807) is 13.0 Å². The molecular weight excluding hydrogens is 180 g/mol. The predicted molar refractivity (Wildman–Crippen MR) is 52.7 cm³/mol. The van der Waals surface area contributed by atoms with Gasteiger partial charge >= 0.3 is 5.97 Å². The molecule has 0 aliphatic heterocycles. The van der Waals surface area contributed by atoms with Crippen LogP contribution in [0.2, 0.25) is 0 Å². The molecule has 14 heavy (non-hydrogen) atoms. The Balaban J connectivity index is 2.85. The highest BCUT2D eigenvalue weighted by molar-refractivity contribution is 5.88. The predicted octanol–water partition coefficient (Wildman–Crippen LogP) is 1.86. The zero-order valence-electron chi connectivity index (χ0n) is 8.71. The van der Waals surface area contributed by atoms with Crippen LogP contribution in [0.25, 0.3) is 0 Å². The number of carbonyl (C=O) groups excluding carboxylic acids is 2. The van der Waals surface area contributed by atoms with Gasteiger partial charge in [-0.1, -0.05) is 6.08 Å². The number of ether oxygens (including phenoxy) is 1. The van der Waals surface area contributed by atoms with E-state index in [9.17, 15) is 9.59 Å². The van der Waals surface area contributed by atoms with Gasteiger partial charge in [-0.15, -0.1) is 6.58 Å². The topological polar surface area (TPSA) is 43.4 Å². The van der Waals surface area contributed by atoms with Gasteiger partial charge < -0.3 is 4.74 Å². The molecule has 0 aromatic heterocycles.